The summed E-state index contributed by atoms with van der Waals surface area (Å²) in [7, 11) is 0. The molecule has 0 saturated heterocycles. The first-order valence-corrected chi connectivity index (χ1v) is 6.72. The van der Waals surface area contributed by atoms with Gasteiger partial charge in [0.25, 0.3) is 0 Å². The minimum Gasteiger partial charge on any atom is -0.361 e. The fourth-order valence-electron chi connectivity index (χ4n) is 2.48. The standard InChI is InChI=1S/C14H22N4O/c1-6-18-13(7-9(2)16-18)8-15-10(3)14-11(4)17-19-12(14)5/h7,10,15H,6,8H2,1-5H3. The van der Waals surface area contributed by atoms with Crippen molar-refractivity contribution in [3.63, 3.8) is 0 Å². The molecule has 1 atom stereocenters. The Labute approximate surface area is 114 Å². The molecule has 0 saturated carbocycles. The first-order chi connectivity index (χ1) is 9.02. The van der Waals surface area contributed by atoms with Gasteiger partial charge >= 0.3 is 0 Å². The minimum atomic E-state index is 0.215. The summed E-state index contributed by atoms with van der Waals surface area (Å²) >= 11 is 0. The zero-order valence-electron chi connectivity index (χ0n) is 12.3. The van der Waals surface area contributed by atoms with E-state index in [1.807, 2.05) is 25.5 Å². The third-order valence-electron chi connectivity index (χ3n) is 3.40. The summed E-state index contributed by atoms with van der Waals surface area (Å²) in [5, 5.41) is 12.0. The third-order valence-corrected chi connectivity index (χ3v) is 3.40. The number of hydrogen-bond acceptors (Lipinski definition) is 4. The molecule has 0 radical (unpaired) electrons. The molecule has 0 aliphatic heterocycles. The minimum absolute atomic E-state index is 0.215. The van der Waals surface area contributed by atoms with E-state index >= 15 is 0 Å². The molecule has 0 amide bonds. The Bertz CT molecular complexity index is 536. The zero-order valence-corrected chi connectivity index (χ0v) is 12.3. The van der Waals surface area contributed by atoms with Gasteiger partial charge in [0.15, 0.2) is 0 Å². The molecule has 1 unspecified atom stereocenters. The summed E-state index contributed by atoms with van der Waals surface area (Å²) in [4.78, 5) is 0. The third kappa shape index (κ3) is 2.87. The smallest absolute Gasteiger partial charge is 0.138 e. The topological polar surface area (TPSA) is 55.9 Å². The van der Waals surface area contributed by atoms with E-state index in [9.17, 15) is 0 Å². The summed E-state index contributed by atoms with van der Waals surface area (Å²) in [6.45, 7) is 11.9. The van der Waals surface area contributed by atoms with Gasteiger partial charge in [0, 0.05) is 24.7 Å². The number of rotatable bonds is 5. The van der Waals surface area contributed by atoms with Crippen LogP contribution in [0.25, 0.3) is 0 Å². The predicted molar refractivity (Wildman–Crippen MR) is 73.9 cm³/mol. The van der Waals surface area contributed by atoms with E-state index in [-0.39, 0.29) is 6.04 Å². The van der Waals surface area contributed by atoms with Crippen LogP contribution in [0.3, 0.4) is 0 Å². The Balaban J connectivity index is 2.06. The molecule has 0 fully saturated rings. The van der Waals surface area contributed by atoms with Crippen LogP contribution >= 0.6 is 0 Å². The highest BCUT2D eigenvalue weighted by Gasteiger charge is 2.16. The van der Waals surface area contributed by atoms with Crippen molar-refractivity contribution in [3.8, 4) is 0 Å². The van der Waals surface area contributed by atoms with Gasteiger partial charge < -0.3 is 9.84 Å². The quantitative estimate of drug-likeness (QED) is 0.900. The molecule has 5 heteroatoms. The van der Waals surface area contributed by atoms with Crippen molar-refractivity contribution in [2.24, 2.45) is 0 Å². The fourth-order valence-corrected chi connectivity index (χ4v) is 2.48. The summed E-state index contributed by atoms with van der Waals surface area (Å²) in [5.41, 5.74) is 4.37. The highest BCUT2D eigenvalue weighted by Crippen LogP contribution is 2.21. The SMILES string of the molecule is CCn1nc(C)cc1CNC(C)c1c(C)noc1C. The molecule has 2 aromatic heterocycles. The molecule has 104 valence electrons. The molecule has 19 heavy (non-hydrogen) atoms. The molecule has 0 aliphatic carbocycles. The summed E-state index contributed by atoms with van der Waals surface area (Å²) in [6.07, 6.45) is 0. The van der Waals surface area contributed by atoms with Gasteiger partial charge in [0.05, 0.1) is 17.1 Å². The zero-order chi connectivity index (χ0) is 14.0. The molecule has 2 aromatic rings. The molecule has 0 bridgehead atoms. The number of aryl methyl sites for hydroxylation is 4. The number of nitrogens with one attached hydrogen (secondary N) is 1. The molecule has 5 nitrogen and oxygen atoms in total. The van der Waals surface area contributed by atoms with Crippen LogP contribution in [-0.4, -0.2) is 14.9 Å². The van der Waals surface area contributed by atoms with Gasteiger partial charge in [0.1, 0.15) is 5.76 Å². The van der Waals surface area contributed by atoms with Crippen molar-refractivity contribution in [2.45, 2.75) is 53.8 Å². The maximum atomic E-state index is 5.21. The molecule has 0 aliphatic rings. The lowest BCUT2D eigenvalue weighted by atomic mass is 10.1. The van der Waals surface area contributed by atoms with Crippen LogP contribution in [0.1, 0.15) is 48.3 Å². The number of nitrogens with zero attached hydrogens (tertiary/aromatic N) is 3. The van der Waals surface area contributed by atoms with Crippen molar-refractivity contribution >= 4 is 0 Å². The van der Waals surface area contributed by atoms with Crippen LogP contribution in [-0.2, 0) is 13.1 Å². The average molecular weight is 262 g/mol. The maximum Gasteiger partial charge on any atom is 0.138 e. The van der Waals surface area contributed by atoms with Gasteiger partial charge in [-0.2, -0.15) is 5.10 Å². The van der Waals surface area contributed by atoms with Crippen molar-refractivity contribution in [1.29, 1.82) is 0 Å². The van der Waals surface area contributed by atoms with Crippen molar-refractivity contribution in [1.82, 2.24) is 20.3 Å². The van der Waals surface area contributed by atoms with Crippen molar-refractivity contribution in [2.75, 3.05) is 0 Å². The lowest BCUT2D eigenvalue weighted by molar-refractivity contribution is 0.390. The van der Waals surface area contributed by atoms with E-state index in [1.54, 1.807) is 0 Å². The van der Waals surface area contributed by atoms with E-state index in [0.717, 1.165) is 35.8 Å². The molecule has 0 aromatic carbocycles. The van der Waals surface area contributed by atoms with Gasteiger partial charge in [-0.1, -0.05) is 5.16 Å². The van der Waals surface area contributed by atoms with E-state index in [4.69, 9.17) is 4.52 Å². The molecule has 2 rings (SSSR count). The van der Waals surface area contributed by atoms with E-state index in [2.05, 4.69) is 35.5 Å². The molecule has 1 N–H and O–H groups in total. The Morgan fingerprint density at radius 2 is 2.11 bits per heavy atom. The van der Waals surface area contributed by atoms with Crippen LogP contribution in [0.5, 0.6) is 0 Å². The van der Waals surface area contributed by atoms with Crippen LogP contribution in [0.4, 0.5) is 0 Å². The number of hydrogen-bond donors (Lipinski definition) is 1. The second-order valence-corrected chi connectivity index (χ2v) is 4.93. The average Bonchev–Trinajstić information content (AvgIpc) is 2.89. The molecular weight excluding hydrogens is 240 g/mol. The second kappa shape index (κ2) is 5.57. The highest BCUT2D eigenvalue weighted by molar-refractivity contribution is 5.24. The van der Waals surface area contributed by atoms with Gasteiger partial charge in [-0.15, -0.1) is 0 Å². The summed E-state index contributed by atoms with van der Waals surface area (Å²) in [6, 6.07) is 2.34. The Morgan fingerprint density at radius 1 is 1.37 bits per heavy atom. The van der Waals surface area contributed by atoms with E-state index in [1.165, 1.54) is 5.69 Å². The highest BCUT2D eigenvalue weighted by atomic mass is 16.5. The summed E-state index contributed by atoms with van der Waals surface area (Å²) in [5.74, 6) is 0.887. The van der Waals surface area contributed by atoms with E-state index < -0.39 is 0 Å². The van der Waals surface area contributed by atoms with Crippen LogP contribution in [0, 0.1) is 20.8 Å². The summed E-state index contributed by atoms with van der Waals surface area (Å²) < 4.78 is 7.24. The largest absolute Gasteiger partial charge is 0.361 e. The van der Waals surface area contributed by atoms with Gasteiger partial charge in [-0.3, -0.25) is 4.68 Å². The predicted octanol–water partition coefficient (Wildman–Crippen LogP) is 2.67. The number of aromatic nitrogens is 3. The Hall–Kier alpha value is -1.62. The van der Waals surface area contributed by atoms with Crippen LogP contribution in [0.15, 0.2) is 10.6 Å². The monoisotopic (exact) mass is 262 g/mol. The van der Waals surface area contributed by atoms with Gasteiger partial charge in [-0.05, 0) is 40.7 Å². The molecular formula is C14H22N4O. The second-order valence-electron chi connectivity index (χ2n) is 4.93. The molecule has 2 heterocycles. The van der Waals surface area contributed by atoms with Crippen LogP contribution < -0.4 is 5.32 Å². The normalized spacial score (nSPS) is 12.9. The lowest BCUT2D eigenvalue weighted by Gasteiger charge is -2.14. The lowest BCUT2D eigenvalue weighted by Crippen LogP contribution is -2.21. The Morgan fingerprint density at radius 3 is 2.68 bits per heavy atom. The Kier molecular flexibility index (Phi) is 4.04. The first-order valence-electron chi connectivity index (χ1n) is 6.72. The first kappa shape index (κ1) is 13.8. The fraction of sp³-hybridized carbons (Fsp3) is 0.571. The van der Waals surface area contributed by atoms with Crippen molar-refractivity contribution < 1.29 is 4.52 Å². The van der Waals surface area contributed by atoms with Crippen LogP contribution in [0.2, 0.25) is 0 Å². The molecule has 0 spiro atoms. The van der Waals surface area contributed by atoms with E-state index in [0.29, 0.717) is 0 Å². The van der Waals surface area contributed by atoms with Crippen molar-refractivity contribution in [3.05, 3.63) is 34.5 Å². The van der Waals surface area contributed by atoms with Gasteiger partial charge in [0.2, 0.25) is 0 Å². The van der Waals surface area contributed by atoms with Gasteiger partial charge in [-0.25, -0.2) is 0 Å². The maximum absolute atomic E-state index is 5.21.